The first kappa shape index (κ1) is 42.4. The summed E-state index contributed by atoms with van der Waals surface area (Å²) in [5.41, 5.74) is 11.2. The van der Waals surface area contributed by atoms with Crippen LogP contribution in [0.3, 0.4) is 0 Å². The molecule has 1 aliphatic rings. The van der Waals surface area contributed by atoms with Crippen LogP contribution < -0.4 is 16.4 Å². The van der Waals surface area contributed by atoms with Crippen LogP contribution in [0.2, 0.25) is 0 Å². The molecule has 4 N–H and O–H groups in total. The van der Waals surface area contributed by atoms with Gasteiger partial charge in [-0.05, 0) is 57.0 Å². The largest absolute Gasteiger partial charge is 0.323 e. The third kappa shape index (κ3) is 13.8. The molecule has 3 aromatic carbocycles. The fraction of sp³-hybridized carbons (Fsp3) is 0.333. The summed E-state index contributed by atoms with van der Waals surface area (Å²) < 4.78 is 28.4. The van der Waals surface area contributed by atoms with E-state index in [2.05, 4.69) is 46.6 Å². The molecule has 4 aromatic rings. The van der Waals surface area contributed by atoms with Gasteiger partial charge in [-0.3, -0.25) is 9.78 Å². The van der Waals surface area contributed by atoms with E-state index in [1.54, 1.807) is 12.1 Å². The van der Waals surface area contributed by atoms with Crippen LogP contribution in [-0.2, 0) is 20.8 Å². The van der Waals surface area contributed by atoms with Crippen LogP contribution >= 0.6 is 0 Å². The molecule has 0 spiro atoms. The monoisotopic (exact) mass is 675 g/mol. The molecule has 49 heavy (non-hydrogen) atoms. The number of halogens is 2. The number of pyridine rings is 1. The summed E-state index contributed by atoms with van der Waals surface area (Å²) in [6, 6.07) is 23.3. The molecule has 264 valence electrons. The van der Waals surface area contributed by atoms with E-state index in [9.17, 15) is 13.6 Å². The number of piperazine rings is 1. The maximum Gasteiger partial charge on any atom is 0.242 e. The molecule has 1 amide bonds. The molecule has 0 aliphatic carbocycles. The second-order valence-electron chi connectivity index (χ2n) is 11.1. The number of carbonyl (C=O) groups excluding carboxylic acids is 3. The maximum atomic E-state index is 14.8. The first-order valence-corrected chi connectivity index (χ1v) is 16.2. The van der Waals surface area contributed by atoms with Crippen LogP contribution in [0.4, 0.5) is 14.5 Å². The van der Waals surface area contributed by atoms with Crippen LogP contribution in [0.1, 0.15) is 54.0 Å². The number of nitrogens with zero attached hydrogens (tertiary/aromatic N) is 2. The number of anilines is 1. The van der Waals surface area contributed by atoms with Crippen molar-refractivity contribution < 1.29 is 23.2 Å². The molecule has 2 heterocycles. The lowest BCUT2D eigenvalue weighted by molar-refractivity contribution is -0.117. The second kappa shape index (κ2) is 23.6. The highest BCUT2D eigenvalue weighted by Gasteiger charge is 2.29. The normalized spacial score (nSPS) is 14.7. The van der Waals surface area contributed by atoms with E-state index in [-0.39, 0.29) is 11.9 Å². The third-order valence-corrected chi connectivity index (χ3v) is 7.90. The molecule has 1 aromatic heterocycles. The van der Waals surface area contributed by atoms with Crippen LogP contribution in [0.25, 0.3) is 0 Å². The van der Waals surface area contributed by atoms with Crippen molar-refractivity contribution in [3.05, 3.63) is 131 Å². The van der Waals surface area contributed by atoms with Gasteiger partial charge in [0, 0.05) is 37.2 Å². The average molecular weight is 676 g/mol. The number of likely N-dealkylation sites (N-methyl/N-ethyl adjacent to an activating group) is 1. The number of amides is 1. The van der Waals surface area contributed by atoms with Gasteiger partial charge < -0.3 is 30.9 Å². The molecular formula is C39H51F2N5O3. The molecule has 8 nitrogen and oxygen atoms in total. The molecule has 0 radical (unpaired) electrons. The van der Waals surface area contributed by atoms with Gasteiger partial charge in [-0.15, -0.1) is 0 Å². The zero-order valence-electron chi connectivity index (χ0n) is 29.3. The molecule has 3 atom stereocenters. The summed E-state index contributed by atoms with van der Waals surface area (Å²) in [5, 5.41) is 6.19. The third-order valence-electron chi connectivity index (χ3n) is 7.90. The summed E-state index contributed by atoms with van der Waals surface area (Å²) in [5.74, 6) is -1.80. The molecule has 10 heteroatoms. The summed E-state index contributed by atoms with van der Waals surface area (Å²) in [6.07, 6.45) is 3.82. The highest BCUT2D eigenvalue weighted by molar-refractivity contribution is 5.96. The molecule has 5 rings (SSSR count). The maximum absolute atomic E-state index is 14.8. The van der Waals surface area contributed by atoms with Gasteiger partial charge in [-0.1, -0.05) is 91.7 Å². The van der Waals surface area contributed by atoms with E-state index in [0.29, 0.717) is 23.2 Å². The standard InChI is InChI=1S/C28H33F2N5O.C7H8.C2H6.2CH2O/c1-18-3-5-19(6-4-18)26(20-7-9-21(29)10-8-20)27(31)28(36)34-25-17-33-16-24(30)23(25)12-11-22-15-32-13-14-35(22)2;1-7-5-3-2-4-6-7;3*1-2/h3-10,16-17,22,26-27,32H,11-15,31H2,1-2H3,(H,34,36);2-6H,1H3;1-2H3;2*1H2/t22-,26?,27+;;;;/m1..../s1. The van der Waals surface area contributed by atoms with Gasteiger partial charge in [0.15, 0.2) is 0 Å². The Morgan fingerprint density at radius 2 is 1.47 bits per heavy atom. The summed E-state index contributed by atoms with van der Waals surface area (Å²) in [7, 11) is 2.07. The quantitative estimate of drug-likeness (QED) is 0.202. The van der Waals surface area contributed by atoms with Crippen LogP contribution in [-0.4, -0.2) is 68.1 Å². The van der Waals surface area contributed by atoms with Crippen molar-refractivity contribution in [1.29, 1.82) is 0 Å². The van der Waals surface area contributed by atoms with Gasteiger partial charge in [0.05, 0.1) is 24.1 Å². The van der Waals surface area contributed by atoms with E-state index in [0.717, 1.165) is 37.2 Å². The molecular weight excluding hydrogens is 624 g/mol. The van der Waals surface area contributed by atoms with Crippen LogP contribution in [0.5, 0.6) is 0 Å². The Balaban J connectivity index is 0.000000791. The zero-order valence-corrected chi connectivity index (χ0v) is 29.3. The molecule has 1 saturated heterocycles. The van der Waals surface area contributed by atoms with Gasteiger partial charge in [0.1, 0.15) is 25.2 Å². The van der Waals surface area contributed by atoms with E-state index in [1.165, 1.54) is 30.1 Å². The van der Waals surface area contributed by atoms with Gasteiger partial charge in [-0.25, -0.2) is 8.78 Å². The Morgan fingerprint density at radius 3 is 2.00 bits per heavy atom. The average Bonchev–Trinajstić information content (AvgIpc) is 3.13. The SMILES string of the molecule is C=O.C=O.CC.Cc1ccc(C(c2ccc(F)cc2)[C@H](N)C(=O)Nc2cncc(F)c2CC[C@@H]2CNCCN2C)cc1.Cc1ccccc1. The Morgan fingerprint density at radius 1 is 0.918 bits per heavy atom. The minimum atomic E-state index is -0.997. The highest BCUT2D eigenvalue weighted by atomic mass is 19.1. The smallest absolute Gasteiger partial charge is 0.242 e. The van der Waals surface area contributed by atoms with Gasteiger partial charge in [0.2, 0.25) is 5.91 Å². The molecule has 1 unspecified atom stereocenters. The Hall–Kier alpha value is -4.64. The number of hydrogen-bond acceptors (Lipinski definition) is 7. The van der Waals surface area contributed by atoms with E-state index >= 15 is 0 Å². The van der Waals surface area contributed by atoms with E-state index in [1.807, 2.05) is 76.8 Å². The minimum absolute atomic E-state index is 0.279. The lowest BCUT2D eigenvalue weighted by atomic mass is 9.84. The molecule has 1 fully saturated rings. The number of carbonyl (C=O) groups is 3. The zero-order chi connectivity index (χ0) is 36.8. The number of nitrogens with one attached hydrogen (secondary N) is 2. The Kier molecular flexibility index (Phi) is 20.5. The van der Waals surface area contributed by atoms with Crippen molar-refractivity contribution >= 4 is 25.2 Å². The van der Waals surface area contributed by atoms with Crippen molar-refractivity contribution in [2.45, 2.75) is 58.5 Å². The van der Waals surface area contributed by atoms with Crippen molar-refractivity contribution in [2.75, 3.05) is 32.0 Å². The predicted octanol–water partition coefficient (Wildman–Crippen LogP) is 6.25. The number of rotatable bonds is 8. The van der Waals surface area contributed by atoms with E-state index < -0.39 is 23.7 Å². The van der Waals surface area contributed by atoms with Crippen molar-refractivity contribution in [3.8, 4) is 0 Å². The van der Waals surface area contributed by atoms with Crippen molar-refractivity contribution in [3.63, 3.8) is 0 Å². The topological polar surface area (TPSA) is 117 Å². The fourth-order valence-corrected chi connectivity index (χ4v) is 5.27. The lowest BCUT2D eigenvalue weighted by Crippen LogP contribution is -2.49. The highest BCUT2D eigenvalue weighted by Crippen LogP contribution is 2.29. The van der Waals surface area contributed by atoms with Crippen molar-refractivity contribution in [1.82, 2.24) is 15.2 Å². The van der Waals surface area contributed by atoms with Crippen LogP contribution in [0.15, 0.2) is 91.3 Å². The fourth-order valence-electron chi connectivity index (χ4n) is 5.27. The summed E-state index contributed by atoms with van der Waals surface area (Å²) >= 11 is 0. The minimum Gasteiger partial charge on any atom is -0.323 e. The summed E-state index contributed by atoms with van der Waals surface area (Å²) in [6.45, 7) is 14.8. The molecule has 0 saturated carbocycles. The Bertz CT molecular complexity index is 1440. The number of aromatic nitrogens is 1. The number of aryl methyl sites for hydroxylation is 2. The summed E-state index contributed by atoms with van der Waals surface area (Å²) in [4.78, 5) is 35.6. The lowest BCUT2D eigenvalue weighted by Gasteiger charge is -2.33. The predicted molar refractivity (Wildman–Crippen MR) is 195 cm³/mol. The molecule has 0 bridgehead atoms. The van der Waals surface area contributed by atoms with Crippen molar-refractivity contribution in [2.24, 2.45) is 5.73 Å². The first-order chi connectivity index (χ1) is 23.7. The van der Waals surface area contributed by atoms with E-state index in [4.69, 9.17) is 15.3 Å². The first-order valence-electron chi connectivity index (χ1n) is 16.2. The van der Waals surface area contributed by atoms with Gasteiger partial charge in [0.25, 0.3) is 0 Å². The van der Waals surface area contributed by atoms with Gasteiger partial charge >= 0.3 is 0 Å². The van der Waals surface area contributed by atoms with Crippen LogP contribution in [0, 0.1) is 25.5 Å². The Labute approximate surface area is 290 Å². The van der Waals surface area contributed by atoms with Gasteiger partial charge in [-0.2, -0.15) is 0 Å². The number of hydrogen-bond donors (Lipinski definition) is 3. The molecule has 1 aliphatic heterocycles. The number of nitrogens with two attached hydrogens (primary N) is 1. The number of benzene rings is 3. The second-order valence-corrected chi connectivity index (χ2v) is 11.1.